The van der Waals surface area contributed by atoms with Crippen LogP contribution >= 0.6 is 0 Å². The molecule has 0 saturated carbocycles. The quantitative estimate of drug-likeness (QED) is 0.228. The molecule has 0 saturated heterocycles. The Morgan fingerprint density at radius 1 is 1.00 bits per heavy atom. The maximum absolute atomic E-state index is 14.3. The number of esters is 1. The molecule has 2 nitrogen and oxygen atoms in total. The van der Waals surface area contributed by atoms with Crippen molar-refractivity contribution in [1.29, 1.82) is 0 Å². The highest BCUT2D eigenvalue weighted by Crippen LogP contribution is 2.29. The molecule has 1 unspecified atom stereocenters. The molecule has 0 aliphatic carbocycles. The number of benzene rings is 2. The molecule has 27 heavy (non-hydrogen) atoms. The van der Waals surface area contributed by atoms with E-state index in [1.54, 1.807) is 0 Å². The molecule has 0 radical (unpaired) electrons. The molecule has 146 valence electrons. The minimum atomic E-state index is -1.61. The molecule has 2 aromatic rings. The maximum Gasteiger partial charge on any atom is 0.311 e. The third-order valence-corrected chi connectivity index (χ3v) is 4.33. The number of ether oxygens (including phenoxy) is 1. The van der Waals surface area contributed by atoms with Crippen LogP contribution in [-0.2, 0) is 4.79 Å². The summed E-state index contributed by atoms with van der Waals surface area (Å²) in [4.78, 5) is 11.9. The molecule has 0 spiro atoms. The van der Waals surface area contributed by atoms with Gasteiger partial charge in [-0.2, -0.15) is 0 Å². The molecule has 0 aliphatic heterocycles. The Bertz CT molecular complexity index is 782. The molecule has 0 heterocycles. The lowest BCUT2D eigenvalue weighted by Crippen LogP contribution is -2.08. The molecule has 2 rings (SSSR count). The molecule has 0 aromatic heterocycles. The maximum atomic E-state index is 14.3. The SMILES string of the molecule is CCCC(C)CCCC(=O)Oc1ccc(-c2cc(F)c(F)c(F)c2)c(F)c1. The highest BCUT2D eigenvalue weighted by Gasteiger charge is 2.15. The van der Waals surface area contributed by atoms with Gasteiger partial charge in [0.2, 0.25) is 0 Å². The fourth-order valence-corrected chi connectivity index (χ4v) is 2.92. The zero-order valence-electron chi connectivity index (χ0n) is 15.3. The van der Waals surface area contributed by atoms with Gasteiger partial charge in [0.15, 0.2) is 17.5 Å². The molecule has 0 fully saturated rings. The lowest BCUT2D eigenvalue weighted by atomic mass is 9.99. The molecule has 0 amide bonds. The Hall–Kier alpha value is -2.37. The van der Waals surface area contributed by atoms with Gasteiger partial charge >= 0.3 is 5.97 Å². The summed E-state index contributed by atoms with van der Waals surface area (Å²) in [5.41, 5.74) is -0.271. The summed E-state index contributed by atoms with van der Waals surface area (Å²) in [6.45, 7) is 4.24. The molecule has 0 aliphatic rings. The first-order chi connectivity index (χ1) is 12.8. The Morgan fingerprint density at radius 3 is 2.26 bits per heavy atom. The number of halogens is 4. The summed E-state index contributed by atoms with van der Waals surface area (Å²) in [5.74, 6) is -5.18. The number of carbonyl (C=O) groups excluding carboxylic acids is 1. The van der Waals surface area contributed by atoms with Crippen LogP contribution in [0.15, 0.2) is 30.3 Å². The van der Waals surface area contributed by atoms with Crippen LogP contribution in [0.4, 0.5) is 17.6 Å². The standard InChI is InChI=1S/C21H22F4O2/c1-3-5-13(2)6-4-7-20(26)27-15-8-9-16(17(22)12-15)14-10-18(23)21(25)19(24)11-14/h8-13H,3-7H2,1-2H3. The molecule has 0 bridgehead atoms. The van der Waals surface area contributed by atoms with Gasteiger partial charge in [-0.3, -0.25) is 4.79 Å². The predicted octanol–water partition coefficient (Wildman–Crippen LogP) is 6.42. The van der Waals surface area contributed by atoms with Crippen molar-refractivity contribution in [2.75, 3.05) is 0 Å². The van der Waals surface area contributed by atoms with E-state index < -0.39 is 29.2 Å². The van der Waals surface area contributed by atoms with Crippen LogP contribution in [0, 0.1) is 29.2 Å². The van der Waals surface area contributed by atoms with E-state index in [-0.39, 0.29) is 23.3 Å². The molecule has 0 N–H and O–H groups in total. The zero-order valence-corrected chi connectivity index (χ0v) is 15.3. The summed E-state index contributed by atoms with van der Waals surface area (Å²) in [6, 6.07) is 4.94. The molecular weight excluding hydrogens is 360 g/mol. The summed E-state index contributed by atoms with van der Waals surface area (Å²) < 4.78 is 59.0. The largest absolute Gasteiger partial charge is 0.426 e. The lowest BCUT2D eigenvalue weighted by molar-refractivity contribution is -0.134. The average Bonchev–Trinajstić information content (AvgIpc) is 2.59. The van der Waals surface area contributed by atoms with Crippen molar-refractivity contribution in [3.8, 4) is 16.9 Å². The van der Waals surface area contributed by atoms with Gasteiger partial charge in [-0.25, -0.2) is 17.6 Å². The van der Waals surface area contributed by atoms with Crippen LogP contribution in [0.5, 0.6) is 5.75 Å². The van der Waals surface area contributed by atoms with Gasteiger partial charge in [-0.1, -0.05) is 33.1 Å². The summed E-state index contributed by atoms with van der Waals surface area (Å²) in [6.07, 6.45) is 4.03. The third-order valence-electron chi connectivity index (χ3n) is 4.33. The number of carbonyl (C=O) groups is 1. The predicted molar refractivity (Wildman–Crippen MR) is 95.3 cm³/mol. The van der Waals surface area contributed by atoms with Gasteiger partial charge in [-0.15, -0.1) is 0 Å². The highest BCUT2D eigenvalue weighted by atomic mass is 19.2. The van der Waals surface area contributed by atoms with E-state index in [1.807, 2.05) is 0 Å². The Balaban J connectivity index is 2.01. The monoisotopic (exact) mass is 382 g/mol. The van der Waals surface area contributed by atoms with Crippen molar-refractivity contribution >= 4 is 5.97 Å². The van der Waals surface area contributed by atoms with Crippen LogP contribution in [0.25, 0.3) is 11.1 Å². The van der Waals surface area contributed by atoms with E-state index in [0.717, 1.165) is 25.3 Å². The summed E-state index contributed by atoms with van der Waals surface area (Å²) in [5, 5.41) is 0. The van der Waals surface area contributed by atoms with Gasteiger partial charge in [0.1, 0.15) is 11.6 Å². The minimum absolute atomic E-state index is 0.00547. The van der Waals surface area contributed by atoms with Gasteiger partial charge in [0.25, 0.3) is 0 Å². The van der Waals surface area contributed by atoms with Crippen molar-refractivity contribution in [2.45, 2.75) is 46.0 Å². The zero-order chi connectivity index (χ0) is 20.0. The van der Waals surface area contributed by atoms with E-state index in [9.17, 15) is 22.4 Å². The van der Waals surface area contributed by atoms with Crippen molar-refractivity contribution in [1.82, 2.24) is 0 Å². The van der Waals surface area contributed by atoms with Gasteiger partial charge < -0.3 is 4.74 Å². The Labute approximate surface area is 156 Å². The summed E-state index contributed by atoms with van der Waals surface area (Å²) in [7, 11) is 0. The van der Waals surface area contributed by atoms with E-state index >= 15 is 0 Å². The Morgan fingerprint density at radius 2 is 1.67 bits per heavy atom. The normalized spacial score (nSPS) is 12.1. The van der Waals surface area contributed by atoms with E-state index in [4.69, 9.17) is 4.74 Å². The second-order valence-electron chi connectivity index (χ2n) is 6.66. The number of rotatable bonds is 8. The van der Waals surface area contributed by atoms with E-state index in [1.165, 1.54) is 12.1 Å². The van der Waals surface area contributed by atoms with Crippen LogP contribution in [0.3, 0.4) is 0 Å². The molecular formula is C21H22F4O2. The fraction of sp³-hybridized carbons (Fsp3) is 0.381. The number of hydrogen-bond donors (Lipinski definition) is 0. The van der Waals surface area contributed by atoms with Crippen LogP contribution in [0.1, 0.15) is 46.0 Å². The first-order valence-electron chi connectivity index (χ1n) is 8.97. The fourth-order valence-electron chi connectivity index (χ4n) is 2.92. The second kappa shape index (κ2) is 9.53. The topological polar surface area (TPSA) is 26.3 Å². The summed E-state index contributed by atoms with van der Waals surface area (Å²) >= 11 is 0. The molecule has 1 atom stereocenters. The first-order valence-corrected chi connectivity index (χ1v) is 8.97. The average molecular weight is 382 g/mol. The highest BCUT2D eigenvalue weighted by molar-refractivity contribution is 5.73. The smallest absolute Gasteiger partial charge is 0.311 e. The van der Waals surface area contributed by atoms with Crippen molar-refractivity contribution < 1.29 is 27.1 Å². The Kier molecular flexibility index (Phi) is 7.39. The van der Waals surface area contributed by atoms with Gasteiger partial charge in [-0.05, 0) is 42.2 Å². The van der Waals surface area contributed by atoms with Crippen LogP contribution < -0.4 is 4.74 Å². The van der Waals surface area contributed by atoms with Crippen molar-refractivity contribution in [2.24, 2.45) is 5.92 Å². The minimum Gasteiger partial charge on any atom is -0.426 e. The third kappa shape index (κ3) is 5.81. The van der Waals surface area contributed by atoms with Crippen molar-refractivity contribution in [3.05, 3.63) is 53.6 Å². The lowest BCUT2D eigenvalue weighted by Gasteiger charge is -2.10. The van der Waals surface area contributed by atoms with E-state index in [0.29, 0.717) is 24.5 Å². The van der Waals surface area contributed by atoms with Gasteiger partial charge in [0.05, 0.1) is 0 Å². The van der Waals surface area contributed by atoms with Crippen molar-refractivity contribution in [3.63, 3.8) is 0 Å². The number of hydrogen-bond acceptors (Lipinski definition) is 2. The van der Waals surface area contributed by atoms with Crippen LogP contribution in [0.2, 0.25) is 0 Å². The van der Waals surface area contributed by atoms with Crippen LogP contribution in [-0.4, -0.2) is 5.97 Å². The first kappa shape index (κ1) is 20.9. The second-order valence-corrected chi connectivity index (χ2v) is 6.66. The van der Waals surface area contributed by atoms with Gasteiger partial charge in [0, 0.05) is 18.1 Å². The van der Waals surface area contributed by atoms with E-state index in [2.05, 4.69) is 13.8 Å². The molecule has 6 heteroatoms. The molecule has 2 aromatic carbocycles.